The van der Waals surface area contributed by atoms with Crippen molar-refractivity contribution in [2.75, 3.05) is 83.3 Å². The number of rotatable bonds is 33. The van der Waals surface area contributed by atoms with Gasteiger partial charge in [0.15, 0.2) is 0 Å². The molecule has 0 saturated carbocycles. The van der Waals surface area contributed by atoms with Crippen molar-refractivity contribution >= 4 is 61.4 Å². The van der Waals surface area contributed by atoms with Gasteiger partial charge in [-0.25, -0.2) is 0 Å². The fraction of sp³-hybridized carbons (Fsp3) is 0.622. The molecule has 22 nitrogen and oxygen atoms in total. The van der Waals surface area contributed by atoms with Gasteiger partial charge in [0.05, 0.1) is 26.8 Å². The number of unbranched alkanes of at least 4 members (excludes halogenated alkanes) is 6. The second-order valence-corrected chi connectivity index (χ2v) is 17.2. The molecule has 0 heterocycles. The monoisotopic (exact) mass is 997 g/mol. The first-order valence-corrected chi connectivity index (χ1v) is 25.0. The van der Waals surface area contributed by atoms with Crippen LogP contribution in [-0.2, 0) is 72.2 Å². The Morgan fingerprint density at radius 1 is 0.688 bits per heavy atom. The van der Waals surface area contributed by atoms with E-state index < -0.39 is 44.1 Å². The maximum absolute atomic E-state index is 11.8. The van der Waals surface area contributed by atoms with Crippen molar-refractivity contribution in [1.29, 1.82) is 0 Å². The van der Waals surface area contributed by atoms with Gasteiger partial charge in [-0.15, -0.1) is 0 Å². The van der Waals surface area contributed by atoms with Gasteiger partial charge in [0.25, 0.3) is 15.6 Å². The molecule has 1 amide bonds. The molecule has 0 aliphatic heterocycles. The Hall–Kier alpha value is -2.81. The third kappa shape index (κ3) is 43.1. The standard InChI is InChI=1S/C18H32N3O7PS.C11H16N2O4S.C7H18NO4P.CH3F.H2O/c1-27-29(23,24)28-15-5-3-2-4-12-20-18(22)11-14-19-13-10-16-6-8-17(9-7-16)21-30(25)26;14-11(15)6-8-12-7-5-9-1-3-10(4-2-9)13-18(16)17;1-11-13(9,10)12-7-5-3-2-4-6-8;1-2;/h6-9,19,21H,2-5,10-15H2,1H3,(H,20,22)(H,23,24)(H,25,26);1-4,12-13H,5-8H2,(H,14,15)(H,16,17);2-8H2,1H3,(H,9,10);1H3;1H2/p-4/i/hD. The second kappa shape index (κ2) is 42.8. The van der Waals surface area contributed by atoms with Gasteiger partial charge < -0.3 is 78.7 Å². The lowest BCUT2D eigenvalue weighted by atomic mass is 10.1. The SMILES string of the molecule is CF.COP(=O)([O-])OCCCCCCN.COP(=O)([O-])OCCCCCCNC(=O)CCNCCc1ccc(NS(=O)[O-])cc1.O=C(O)CCNCCc1ccc(NS(=O)[O-])cc1.[2H]O. The third-order valence-electron chi connectivity index (χ3n) is 7.97. The molecular weight excluding hydrogens is 930 g/mol. The van der Waals surface area contributed by atoms with Gasteiger partial charge in [-0.3, -0.25) is 31.5 Å². The van der Waals surface area contributed by atoms with Crippen molar-refractivity contribution in [3.05, 3.63) is 59.7 Å². The number of hydrogen-bond donors (Lipinski definition) is 7. The van der Waals surface area contributed by atoms with Gasteiger partial charge in [-0.1, -0.05) is 49.9 Å². The number of anilines is 2. The van der Waals surface area contributed by atoms with E-state index in [1.165, 1.54) is 0 Å². The van der Waals surface area contributed by atoms with Crippen LogP contribution in [0.25, 0.3) is 0 Å². The Bertz CT molecular complexity index is 1620. The fourth-order valence-corrected chi connectivity index (χ4v) is 6.31. The number of alkyl halides is 1. The van der Waals surface area contributed by atoms with Crippen molar-refractivity contribution in [2.45, 2.75) is 77.0 Å². The summed E-state index contributed by atoms with van der Waals surface area (Å²) in [7, 11) is -5.48. The number of carbonyl (C=O) groups is 2. The van der Waals surface area contributed by atoms with Gasteiger partial charge in [-0.05, 0) is 93.6 Å². The van der Waals surface area contributed by atoms with Crippen LogP contribution in [-0.4, -0.2) is 114 Å². The molecule has 4 atom stereocenters. The van der Waals surface area contributed by atoms with Gasteiger partial charge in [0.2, 0.25) is 7.34 Å². The summed E-state index contributed by atoms with van der Waals surface area (Å²) in [6.07, 6.45) is 8.79. The number of phosphoric acid groups is 2. The van der Waals surface area contributed by atoms with E-state index in [1.54, 1.807) is 24.3 Å². The van der Waals surface area contributed by atoms with Crippen molar-refractivity contribution in [1.82, 2.24) is 16.0 Å². The maximum atomic E-state index is 11.8. The van der Waals surface area contributed by atoms with E-state index in [9.17, 15) is 50.4 Å². The number of carbonyl (C=O) groups excluding carboxylic acids is 1. The molecule has 0 aliphatic rings. The van der Waals surface area contributed by atoms with Crippen molar-refractivity contribution in [2.24, 2.45) is 5.73 Å². The highest BCUT2D eigenvalue weighted by Gasteiger charge is 2.06. The molecule has 10 N–H and O–H groups in total. The first-order chi connectivity index (χ1) is 31.0. The van der Waals surface area contributed by atoms with E-state index in [-0.39, 0.29) is 25.5 Å². The first-order valence-electron chi connectivity index (χ1n) is 20.4. The molecule has 0 spiro atoms. The van der Waals surface area contributed by atoms with E-state index >= 15 is 0 Å². The zero-order chi connectivity index (χ0) is 49.8. The Morgan fingerprint density at radius 2 is 1.08 bits per heavy atom. The lowest BCUT2D eigenvalue weighted by molar-refractivity contribution is -0.224. The van der Waals surface area contributed by atoms with E-state index in [4.69, 9.17) is 17.7 Å². The third-order valence-corrected chi connectivity index (χ3v) is 10.7. The lowest BCUT2D eigenvalue weighted by Gasteiger charge is -2.19. The average molecular weight is 998 g/mol. The molecule has 2 rings (SSSR count). The number of phosphoric ester groups is 2. The highest BCUT2D eigenvalue weighted by Crippen LogP contribution is 2.37. The predicted octanol–water partition coefficient (Wildman–Crippen LogP) is 2.12. The molecule has 0 saturated heterocycles. The Kier molecular flexibility index (Phi) is 42.3. The minimum atomic E-state index is -4.12. The van der Waals surface area contributed by atoms with E-state index in [0.29, 0.717) is 64.1 Å². The van der Waals surface area contributed by atoms with Crippen molar-refractivity contribution < 1.29 is 80.5 Å². The predicted molar refractivity (Wildman–Crippen MR) is 239 cm³/mol. The van der Waals surface area contributed by atoms with Gasteiger partial charge in [0.1, 0.15) is 0 Å². The van der Waals surface area contributed by atoms with Crippen molar-refractivity contribution in [3.63, 3.8) is 0 Å². The summed E-state index contributed by atoms with van der Waals surface area (Å²) in [6.45, 7) is 4.00. The first kappa shape index (κ1) is 63.3. The Balaban J connectivity index is -0.000000932. The van der Waals surface area contributed by atoms with Gasteiger partial charge in [-0.2, -0.15) is 0 Å². The topological polar surface area (TPSA) is 369 Å². The van der Waals surface area contributed by atoms with Crippen LogP contribution in [0.4, 0.5) is 15.8 Å². The summed E-state index contributed by atoms with van der Waals surface area (Å²) >= 11 is -4.63. The van der Waals surface area contributed by atoms with E-state index in [2.05, 4.69) is 43.5 Å². The Morgan fingerprint density at radius 3 is 1.45 bits per heavy atom. The quantitative estimate of drug-likeness (QED) is 0.0306. The number of carboxylic acid groups (broad SMARTS) is 1. The number of aliphatic carboxylic acids is 1. The van der Waals surface area contributed by atoms with Crippen LogP contribution in [0.5, 0.6) is 0 Å². The molecule has 2 aromatic rings. The highest BCUT2D eigenvalue weighted by molar-refractivity contribution is 7.80. The molecule has 4 unspecified atom stereocenters. The van der Waals surface area contributed by atoms with Crippen molar-refractivity contribution in [3.8, 4) is 0 Å². The molecule has 64 heavy (non-hydrogen) atoms. The van der Waals surface area contributed by atoms with Gasteiger partial charge in [0, 0.05) is 74.2 Å². The Labute approximate surface area is 382 Å². The molecule has 2 aromatic carbocycles. The lowest BCUT2D eigenvalue weighted by Crippen LogP contribution is -2.29. The number of carboxylic acids is 1. The number of amides is 1. The molecule has 0 radical (unpaired) electrons. The fourth-order valence-electron chi connectivity index (χ4n) is 4.74. The number of halogens is 1. The maximum Gasteiger partial charge on any atom is 0.304 e. The largest absolute Gasteiger partial charge is 0.756 e. The molecule has 0 bridgehead atoms. The smallest absolute Gasteiger partial charge is 0.304 e. The average Bonchev–Trinajstić information content (AvgIpc) is 3.28. The van der Waals surface area contributed by atoms with Crippen LogP contribution in [0.1, 0.15) is 76.8 Å². The van der Waals surface area contributed by atoms with Crippen LogP contribution in [0.3, 0.4) is 0 Å². The summed E-state index contributed by atoms with van der Waals surface area (Å²) in [5.41, 5.74) is 14.7. The molecule has 374 valence electrons. The van der Waals surface area contributed by atoms with E-state index in [1.807, 2.05) is 24.3 Å². The van der Waals surface area contributed by atoms with Crippen LogP contribution >= 0.6 is 15.6 Å². The second-order valence-electron chi connectivity index (χ2n) is 12.9. The van der Waals surface area contributed by atoms with Crippen LogP contribution < -0.4 is 40.9 Å². The number of nitrogens with one attached hydrogen (secondary N) is 5. The number of benzene rings is 2. The molecule has 0 aromatic heterocycles. The zero-order valence-corrected chi connectivity index (χ0v) is 40.0. The van der Waals surface area contributed by atoms with Gasteiger partial charge >= 0.3 is 5.97 Å². The number of nitrogens with two attached hydrogens (primary N) is 1. The normalized spacial score (nSPS) is 13.4. The minimum absolute atomic E-state index is 0.0146. The molecule has 27 heteroatoms. The molecule has 0 aliphatic carbocycles. The van der Waals surface area contributed by atoms with E-state index in [0.717, 1.165) is 89.7 Å². The summed E-state index contributed by atoms with van der Waals surface area (Å²) < 4.78 is 99.7. The summed E-state index contributed by atoms with van der Waals surface area (Å²) in [5, 5.41) is 17.5. The zero-order valence-electron chi connectivity index (χ0n) is 37.5. The van der Waals surface area contributed by atoms with Crippen LogP contribution in [0.2, 0.25) is 0 Å². The minimum Gasteiger partial charge on any atom is -0.756 e. The summed E-state index contributed by atoms with van der Waals surface area (Å²) in [4.78, 5) is 43.6. The summed E-state index contributed by atoms with van der Waals surface area (Å²) in [6, 6.07) is 14.1. The number of hydrogen-bond acceptors (Lipinski definition) is 17. The van der Waals surface area contributed by atoms with Crippen LogP contribution in [0, 0.1) is 0 Å². The molecular formula is C37H67FN6O16P2S2-4. The van der Waals surface area contributed by atoms with Crippen LogP contribution in [0.15, 0.2) is 48.5 Å². The summed E-state index contributed by atoms with van der Waals surface area (Å²) in [5.74, 6) is -0.831. The highest BCUT2D eigenvalue weighted by atomic mass is 32.2. The molecule has 0 fully saturated rings.